The topological polar surface area (TPSA) is 101 Å². The van der Waals surface area contributed by atoms with E-state index in [0.29, 0.717) is 31.7 Å². The number of ketones is 1. The van der Waals surface area contributed by atoms with Gasteiger partial charge in [0, 0.05) is 12.8 Å². The fourth-order valence-corrected chi connectivity index (χ4v) is 4.08. The van der Waals surface area contributed by atoms with E-state index in [-0.39, 0.29) is 27.8 Å². The van der Waals surface area contributed by atoms with Gasteiger partial charge < -0.3 is 14.9 Å². The van der Waals surface area contributed by atoms with Crippen molar-refractivity contribution in [3.05, 3.63) is 29.3 Å². The lowest BCUT2D eigenvalue weighted by molar-refractivity contribution is -0.909. The van der Waals surface area contributed by atoms with E-state index in [2.05, 4.69) is 0 Å². The molecule has 1 saturated heterocycles. The first-order valence-electron chi connectivity index (χ1n) is 8.70. The molecule has 7 nitrogen and oxygen atoms in total. The highest BCUT2D eigenvalue weighted by atomic mass is 16.5. The van der Waals surface area contributed by atoms with E-state index in [1.807, 2.05) is 20.8 Å². The number of rotatable bonds is 1. The summed E-state index contributed by atoms with van der Waals surface area (Å²) in [6.07, 6.45) is 0.207. The van der Waals surface area contributed by atoms with Crippen LogP contribution in [0.5, 0.6) is 5.75 Å². The van der Waals surface area contributed by atoms with Crippen molar-refractivity contribution in [2.24, 2.45) is 0 Å². The lowest BCUT2D eigenvalue weighted by Gasteiger charge is -2.51. The largest absolute Gasteiger partial charge is 0.513 e. The van der Waals surface area contributed by atoms with Crippen molar-refractivity contribution < 1.29 is 33.8 Å². The van der Waals surface area contributed by atoms with Gasteiger partial charge in [-0.25, -0.2) is 9.28 Å². The van der Waals surface area contributed by atoms with Gasteiger partial charge in [-0.3, -0.25) is 4.79 Å². The Hall–Kier alpha value is -2.41. The third kappa shape index (κ3) is 2.76. The number of benzene rings is 1. The smallest absolute Gasteiger partial charge is 0.486 e. The van der Waals surface area contributed by atoms with Crippen molar-refractivity contribution in [3.8, 4) is 5.75 Å². The first kappa shape index (κ1) is 18.4. The molecule has 2 aliphatic heterocycles. The number of aromatic carboxylic acids is 1. The molecule has 0 unspecified atom stereocenters. The normalized spacial score (nSPS) is 28.3. The second-order valence-electron chi connectivity index (χ2n) is 8.27. The lowest BCUT2D eigenvalue weighted by atomic mass is 9.80. The second-order valence-corrected chi connectivity index (χ2v) is 8.27. The quantitative estimate of drug-likeness (QED) is 0.744. The van der Waals surface area contributed by atoms with Crippen LogP contribution in [0.3, 0.4) is 0 Å². The Labute approximate surface area is 151 Å². The van der Waals surface area contributed by atoms with Crippen LogP contribution in [-0.2, 0) is 0 Å². The molecule has 0 aromatic heterocycles. The summed E-state index contributed by atoms with van der Waals surface area (Å²) < 4.78 is 6.08. The standard InChI is InChI=1S/C19H23NO6/c1-18(2,3)20(17(24)25)8-6-19(7-9-20)11-14(21)13-10-12(16(22)23)4-5-15(13)26-19/h4-5,10H,6-9,11H2,1-3H3,(H-,22,23,24,25)/p+1. The Morgan fingerprint density at radius 2 is 1.77 bits per heavy atom. The van der Waals surface area contributed by atoms with Crippen LogP contribution < -0.4 is 4.74 Å². The first-order chi connectivity index (χ1) is 12.0. The van der Waals surface area contributed by atoms with E-state index in [4.69, 9.17) is 9.84 Å². The van der Waals surface area contributed by atoms with Crippen molar-refractivity contribution >= 4 is 17.8 Å². The molecule has 140 valence electrons. The van der Waals surface area contributed by atoms with Gasteiger partial charge in [-0.2, -0.15) is 4.79 Å². The molecule has 1 spiro atoms. The van der Waals surface area contributed by atoms with Gasteiger partial charge in [0.1, 0.15) is 16.9 Å². The first-order valence-corrected chi connectivity index (χ1v) is 8.70. The SMILES string of the molecule is CC(C)(C)[N+]1(C(=O)O)CCC2(CC1)CC(=O)c1cc(C(=O)O)ccc1O2. The van der Waals surface area contributed by atoms with Crippen molar-refractivity contribution in [3.63, 3.8) is 0 Å². The molecule has 1 amide bonds. The number of carbonyl (C=O) groups excluding carboxylic acids is 1. The Morgan fingerprint density at radius 3 is 2.27 bits per heavy atom. The zero-order valence-electron chi connectivity index (χ0n) is 15.2. The van der Waals surface area contributed by atoms with Gasteiger partial charge in [0.05, 0.1) is 30.6 Å². The summed E-state index contributed by atoms with van der Waals surface area (Å²) in [6.45, 7) is 6.50. The number of carboxylic acid groups (broad SMARTS) is 2. The molecular formula is C19H24NO6+. The predicted octanol–water partition coefficient (Wildman–Crippen LogP) is 3.18. The molecule has 2 aliphatic rings. The molecule has 1 aromatic carbocycles. The molecular weight excluding hydrogens is 338 g/mol. The lowest BCUT2D eigenvalue weighted by Crippen LogP contribution is -2.69. The monoisotopic (exact) mass is 362 g/mol. The third-order valence-electron chi connectivity index (χ3n) is 5.88. The van der Waals surface area contributed by atoms with E-state index in [0.717, 1.165) is 0 Å². The third-order valence-corrected chi connectivity index (χ3v) is 5.88. The molecule has 2 N–H and O–H groups in total. The highest BCUT2D eigenvalue weighted by Crippen LogP contribution is 2.43. The van der Waals surface area contributed by atoms with E-state index in [1.165, 1.54) is 18.2 Å². The van der Waals surface area contributed by atoms with Crippen molar-refractivity contribution in [2.75, 3.05) is 13.1 Å². The number of likely N-dealkylation sites (tertiary alicyclic amines) is 1. The van der Waals surface area contributed by atoms with E-state index in [1.54, 1.807) is 0 Å². The van der Waals surface area contributed by atoms with Crippen LogP contribution in [0.4, 0.5) is 4.79 Å². The van der Waals surface area contributed by atoms with Crippen LogP contribution in [0.25, 0.3) is 0 Å². The van der Waals surface area contributed by atoms with E-state index < -0.39 is 23.2 Å². The zero-order valence-corrected chi connectivity index (χ0v) is 15.2. The average Bonchev–Trinajstić information content (AvgIpc) is 2.53. The van der Waals surface area contributed by atoms with Crippen molar-refractivity contribution in [2.45, 2.75) is 51.2 Å². The molecule has 1 aromatic rings. The molecule has 0 radical (unpaired) electrons. The Morgan fingerprint density at radius 1 is 1.15 bits per heavy atom. The summed E-state index contributed by atoms with van der Waals surface area (Å²) in [5, 5.41) is 18.9. The number of amides is 1. The number of carbonyl (C=O) groups is 3. The van der Waals surface area contributed by atoms with Gasteiger partial charge in [0.2, 0.25) is 0 Å². The minimum atomic E-state index is -1.09. The molecule has 26 heavy (non-hydrogen) atoms. The fraction of sp³-hybridized carbons (Fsp3) is 0.526. The summed E-state index contributed by atoms with van der Waals surface area (Å²) in [5.41, 5.74) is -0.831. The maximum absolute atomic E-state index is 12.6. The van der Waals surface area contributed by atoms with Crippen LogP contribution in [0.2, 0.25) is 0 Å². The summed E-state index contributed by atoms with van der Waals surface area (Å²) >= 11 is 0. The maximum Gasteiger partial charge on any atom is 0.513 e. The number of quaternary nitrogens is 1. The second kappa shape index (κ2) is 5.81. The van der Waals surface area contributed by atoms with Crippen LogP contribution in [0, 0.1) is 0 Å². The summed E-state index contributed by atoms with van der Waals surface area (Å²) in [7, 11) is 0. The molecule has 1 fully saturated rings. The van der Waals surface area contributed by atoms with E-state index in [9.17, 15) is 19.5 Å². The number of hydrogen-bond donors (Lipinski definition) is 2. The Balaban J connectivity index is 1.88. The predicted molar refractivity (Wildman–Crippen MR) is 92.7 cm³/mol. The summed E-state index contributed by atoms with van der Waals surface area (Å²) in [5.74, 6) is -0.856. The number of ether oxygens (including phenoxy) is 1. The Bertz CT molecular complexity index is 784. The van der Waals surface area contributed by atoms with Gasteiger partial charge in [-0.05, 0) is 39.0 Å². The zero-order chi connectivity index (χ0) is 19.3. The highest BCUT2D eigenvalue weighted by Gasteiger charge is 2.55. The fourth-order valence-electron chi connectivity index (χ4n) is 4.08. The number of carboxylic acids is 1. The van der Waals surface area contributed by atoms with Crippen LogP contribution in [-0.4, -0.2) is 56.8 Å². The number of nitrogens with zero attached hydrogens (tertiary/aromatic N) is 1. The van der Waals surface area contributed by atoms with Crippen molar-refractivity contribution in [1.29, 1.82) is 0 Å². The molecule has 0 aliphatic carbocycles. The minimum Gasteiger partial charge on any atom is -0.486 e. The minimum absolute atomic E-state index is 0.0505. The van der Waals surface area contributed by atoms with Gasteiger partial charge in [0.25, 0.3) is 0 Å². The maximum atomic E-state index is 12.6. The van der Waals surface area contributed by atoms with Crippen LogP contribution in [0.15, 0.2) is 18.2 Å². The van der Waals surface area contributed by atoms with Gasteiger partial charge >= 0.3 is 12.1 Å². The number of fused-ring (bicyclic) bond motifs is 1. The molecule has 0 bridgehead atoms. The van der Waals surface area contributed by atoms with Crippen molar-refractivity contribution in [1.82, 2.24) is 0 Å². The number of Topliss-reactive ketones (excluding diaryl/α,β-unsaturated/α-hetero) is 1. The van der Waals surface area contributed by atoms with Gasteiger partial charge in [0.15, 0.2) is 5.78 Å². The number of piperidine rings is 1. The summed E-state index contributed by atoms with van der Waals surface area (Å²) in [6, 6.07) is 4.29. The molecule has 7 heteroatoms. The summed E-state index contributed by atoms with van der Waals surface area (Å²) in [4.78, 5) is 35.7. The molecule has 0 atom stereocenters. The Kier molecular flexibility index (Phi) is 4.10. The molecule has 0 saturated carbocycles. The van der Waals surface area contributed by atoms with Crippen LogP contribution in [0.1, 0.15) is 60.7 Å². The number of hydrogen-bond acceptors (Lipinski definition) is 4. The van der Waals surface area contributed by atoms with Crippen LogP contribution >= 0.6 is 0 Å². The molecule has 2 heterocycles. The van der Waals surface area contributed by atoms with Gasteiger partial charge in [-0.15, -0.1) is 0 Å². The highest BCUT2D eigenvalue weighted by molar-refractivity contribution is 6.02. The molecule has 3 rings (SSSR count). The van der Waals surface area contributed by atoms with Gasteiger partial charge in [-0.1, -0.05) is 0 Å². The van der Waals surface area contributed by atoms with E-state index >= 15 is 0 Å². The average molecular weight is 362 g/mol.